The fourth-order valence-corrected chi connectivity index (χ4v) is 3.07. The van der Waals surface area contributed by atoms with Gasteiger partial charge >= 0.3 is 0 Å². The van der Waals surface area contributed by atoms with Crippen LogP contribution in [-0.2, 0) is 11.2 Å². The molecule has 2 aromatic carbocycles. The van der Waals surface area contributed by atoms with E-state index in [1.807, 2.05) is 24.3 Å². The smallest absolute Gasteiger partial charge is 0.191 e. The van der Waals surface area contributed by atoms with Crippen LogP contribution in [0.15, 0.2) is 65.8 Å². The molecule has 6 heteroatoms. The van der Waals surface area contributed by atoms with Crippen molar-refractivity contribution in [3.8, 4) is 0 Å². The molecule has 0 saturated carbocycles. The zero-order valence-corrected chi connectivity index (χ0v) is 18.1. The van der Waals surface area contributed by atoms with Crippen molar-refractivity contribution in [1.29, 1.82) is 0 Å². The summed E-state index contributed by atoms with van der Waals surface area (Å²) < 4.78 is 5.59. The Morgan fingerprint density at radius 1 is 1.07 bits per heavy atom. The first-order chi connectivity index (χ1) is 12.8. The molecule has 0 bridgehead atoms. The van der Waals surface area contributed by atoms with Crippen molar-refractivity contribution in [2.45, 2.75) is 12.5 Å². The summed E-state index contributed by atoms with van der Waals surface area (Å²) in [6, 6.07) is 18.6. The van der Waals surface area contributed by atoms with Gasteiger partial charge in [0.25, 0.3) is 0 Å². The topological polar surface area (TPSA) is 61.4 Å². The molecule has 0 amide bonds. The molecule has 0 aliphatic heterocycles. The number of halogens is 1. The molecule has 1 aromatic heterocycles. The minimum atomic E-state index is -0.0108. The van der Waals surface area contributed by atoms with Gasteiger partial charge in [0.1, 0.15) is 0 Å². The van der Waals surface area contributed by atoms with Crippen LogP contribution < -0.4 is 10.6 Å². The van der Waals surface area contributed by atoms with Gasteiger partial charge in [-0.2, -0.15) is 0 Å². The molecule has 1 heterocycles. The fraction of sp³-hybridized carbons (Fsp3) is 0.286. The van der Waals surface area contributed by atoms with Crippen LogP contribution in [0.3, 0.4) is 0 Å². The lowest BCUT2D eigenvalue weighted by Crippen LogP contribution is -2.40. The van der Waals surface area contributed by atoms with E-state index in [2.05, 4.69) is 57.1 Å². The van der Waals surface area contributed by atoms with Gasteiger partial charge in [0.2, 0.25) is 0 Å². The van der Waals surface area contributed by atoms with Crippen molar-refractivity contribution >= 4 is 40.8 Å². The van der Waals surface area contributed by atoms with Crippen LogP contribution in [0.4, 0.5) is 0 Å². The summed E-state index contributed by atoms with van der Waals surface area (Å²) in [5.74, 6) is 0.780. The molecule has 3 rings (SSSR count). The fourth-order valence-electron chi connectivity index (χ4n) is 3.07. The largest absolute Gasteiger partial charge is 0.375 e. The molecule has 0 aliphatic rings. The van der Waals surface area contributed by atoms with E-state index in [9.17, 15) is 0 Å². The Labute approximate surface area is 177 Å². The first kappa shape index (κ1) is 21.2. The zero-order valence-electron chi connectivity index (χ0n) is 15.7. The van der Waals surface area contributed by atoms with Gasteiger partial charge in [0, 0.05) is 44.3 Å². The van der Waals surface area contributed by atoms with E-state index in [0.29, 0.717) is 6.54 Å². The van der Waals surface area contributed by atoms with E-state index in [1.165, 1.54) is 16.5 Å². The molecule has 27 heavy (non-hydrogen) atoms. The van der Waals surface area contributed by atoms with E-state index in [-0.39, 0.29) is 30.1 Å². The molecule has 0 saturated heterocycles. The number of aromatic amines is 1. The van der Waals surface area contributed by atoms with Crippen LogP contribution >= 0.6 is 24.0 Å². The maximum Gasteiger partial charge on any atom is 0.191 e. The maximum absolute atomic E-state index is 5.59. The number of hydrogen-bond acceptors (Lipinski definition) is 2. The second-order valence-electron chi connectivity index (χ2n) is 6.12. The lowest BCUT2D eigenvalue weighted by molar-refractivity contribution is 0.106. The Morgan fingerprint density at radius 2 is 1.81 bits per heavy atom. The Bertz CT molecular complexity index is 848. The van der Waals surface area contributed by atoms with Crippen molar-refractivity contribution in [2.75, 3.05) is 27.2 Å². The first-order valence-corrected chi connectivity index (χ1v) is 8.89. The van der Waals surface area contributed by atoms with Gasteiger partial charge in [0.05, 0.1) is 6.10 Å². The lowest BCUT2D eigenvalue weighted by Gasteiger charge is -2.18. The molecule has 5 nitrogen and oxygen atoms in total. The summed E-state index contributed by atoms with van der Waals surface area (Å²) in [7, 11) is 3.51. The molecule has 0 fully saturated rings. The summed E-state index contributed by atoms with van der Waals surface area (Å²) >= 11 is 0. The second kappa shape index (κ2) is 10.9. The molecule has 3 aromatic rings. The van der Waals surface area contributed by atoms with Crippen LogP contribution in [0.5, 0.6) is 0 Å². The SMILES string of the molecule is CN=C(NCCc1c[nH]c2ccccc12)NCC(OC)c1ccccc1.I. The first-order valence-electron chi connectivity index (χ1n) is 8.89. The van der Waals surface area contributed by atoms with Crippen molar-refractivity contribution in [3.63, 3.8) is 0 Å². The average Bonchev–Trinajstić information content (AvgIpc) is 3.11. The molecule has 1 atom stereocenters. The van der Waals surface area contributed by atoms with Crippen molar-refractivity contribution in [3.05, 3.63) is 71.9 Å². The molecule has 1 unspecified atom stereocenters. The molecule has 3 N–H and O–H groups in total. The van der Waals surface area contributed by atoms with E-state index in [0.717, 1.165) is 24.5 Å². The van der Waals surface area contributed by atoms with Crippen molar-refractivity contribution < 1.29 is 4.74 Å². The summed E-state index contributed by atoms with van der Waals surface area (Å²) in [4.78, 5) is 7.62. The number of aromatic nitrogens is 1. The predicted octanol–water partition coefficient (Wildman–Crippen LogP) is 3.88. The molecule has 0 spiro atoms. The Hall–Kier alpha value is -2.06. The summed E-state index contributed by atoms with van der Waals surface area (Å²) in [6.45, 7) is 1.47. The predicted molar refractivity (Wildman–Crippen MR) is 123 cm³/mol. The highest BCUT2D eigenvalue weighted by Crippen LogP contribution is 2.17. The Morgan fingerprint density at radius 3 is 2.56 bits per heavy atom. The normalized spacial score (nSPS) is 12.4. The highest BCUT2D eigenvalue weighted by molar-refractivity contribution is 14.0. The molecule has 144 valence electrons. The average molecular weight is 478 g/mol. The number of fused-ring (bicyclic) bond motifs is 1. The Kier molecular flexibility index (Phi) is 8.60. The van der Waals surface area contributed by atoms with Crippen LogP contribution in [0.25, 0.3) is 10.9 Å². The van der Waals surface area contributed by atoms with Gasteiger partial charge < -0.3 is 20.4 Å². The van der Waals surface area contributed by atoms with E-state index < -0.39 is 0 Å². The maximum atomic E-state index is 5.59. The highest BCUT2D eigenvalue weighted by Gasteiger charge is 2.10. The number of H-pyrrole nitrogens is 1. The van der Waals surface area contributed by atoms with Gasteiger partial charge in [-0.1, -0.05) is 48.5 Å². The second-order valence-corrected chi connectivity index (χ2v) is 6.12. The number of rotatable bonds is 7. The number of methoxy groups -OCH3 is 1. The molecule has 0 radical (unpaired) electrons. The van der Waals surface area contributed by atoms with Gasteiger partial charge in [0.15, 0.2) is 5.96 Å². The summed E-state index contributed by atoms with van der Waals surface area (Å²) in [5, 5.41) is 7.99. The van der Waals surface area contributed by atoms with Crippen LogP contribution in [0, 0.1) is 0 Å². The van der Waals surface area contributed by atoms with Gasteiger partial charge in [-0.05, 0) is 23.6 Å². The summed E-state index contributed by atoms with van der Waals surface area (Å²) in [5.41, 5.74) is 3.63. The molecular weight excluding hydrogens is 451 g/mol. The number of ether oxygens (including phenoxy) is 1. The number of hydrogen-bond donors (Lipinski definition) is 3. The van der Waals surface area contributed by atoms with Crippen LogP contribution in [0.2, 0.25) is 0 Å². The minimum absolute atomic E-state index is 0. The third-order valence-corrected chi connectivity index (χ3v) is 4.50. The number of guanidine groups is 1. The quantitative estimate of drug-likeness (QED) is 0.275. The zero-order chi connectivity index (χ0) is 18.2. The van der Waals surface area contributed by atoms with Crippen molar-refractivity contribution in [2.24, 2.45) is 4.99 Å². The monoisotopic (exact) mass is 478 g/mol. The van der Waals surface area contributed by atoms with Gasteiger partial charge in [-0.15, -0.1) is 24.0 Å². The van der Waals surface area contributed by atoms with E-state index in [4.69, 9.17) is 4.74 Å². The Balaban J connectivity index is 0.00000261. The third kappa shape index (κ3) is 5.71. The minimum Gasteiger partial charge on any atom is -0.375 e. The molecular formula is C21H27IN4O. The number of nitrogens with zero attached hydrogens (tertiary/aromatic N) is 1. The van der Waals surface area contributed by atoms with E-state index in [1.54, 1.807) is 14.2 Å². The number of nitrogens with one attached hydrogen (secondary N) is 3. The third-order valence-electron chi connectivity index (χ3n) is 4.50. The standard InChI is InChI=1S/C21H26N4O.HI/c1-22-21(25-15-20(26-2)16-8-4-3-5-9-16)23-13-12-17-14-24-19-11-7-6-10-18(17)19;/h3-11,14,20,24H,12-13,15H2,1-2H3,(H2,22,23,25);1H. The highest BCUT2D eigenvalue weighted by atomic mass is 127. The summed E-state index contributed by atoms with van der Waals surface area (Å²) in [6.07, 6.45) is 3.00. The van der Waals surface area contributed by atoms with Crippen molar-refractivity contribution in [1.82, 2.24) is 15.6 Å². The van der Waals surface area contributed by atoms with Crippen LogP contribution in [0.1, 0.15) is 17.2 Å². The molecule has 0 aliphatic carbocycles. The number of aliphatic imine (C=N–C) groups is 1. The van der Waals surface area contributed by atoms with Gasteiger partial charge in [-0.3, -0.25) is 4.99 Å². The number of benzene rings is 2. The lowest BCUT2D eigenvalue weighted by atomic mass is 10.1. The van der Waals surface area contributed by atoms with Crippen LogP contribution in [-0.4, -0.2) is 38.2 Å². The van der Waals surface area contributed by atoms with Gasteiger partial charge in [-0.25, -0.2) is 0 Å². The number of para-hydroxylation sites is 1. The van der Waals surface area contributed by atoms with E-state index >= 15 is 0 Å².